The van der Waals surface area contributed by atoms with Crippen molar-refractivity contribution in [2.45, 2.75) is 23.6 Å². The third-order valence-corrected chi connectivity index (χ3v) is 5.32. The van der Waals surface area contributed by atoms with Crippen LogP contribution in [-0.4, -0.2) is 26.6 Å². The molecule has 116 valence electrons. The summed E-state index contributed by atoms with van der Waals surface area (Å²) in [5.74, 6) is -1.09. The first-order valence-electron chi connectivity index (χ1n) is 6.51. The van der Waals surface area contributed by atoms with Gasteiger partial charge in [-0.05, 0) is 43.7 Å². The molecule has 2 rings (SSSR count). The normalized spacial score (nSPS) is 11.2. The van der Waals surface area contributed by atoms with Crippen molar-refractivity contribution in [1.82, 2.24) is 0 Å². The zero-order chi connectivity index (χ0) is 16.5. The lowest BCUT2D eigenvalue weighted by Crippen LogP contribution is -2.10. The summed E-state index contributed by atoms with van der Waals surface area (Å²) in [5, 5.41) is 9.79. The second kappa shape index (κ2) is 5.81. The fraction of sp³-hybridized carbons (Fsp3) is 0.188. The third-order valence-electron chi connectivity index (χ3n) is 3.40. The topological polar surface area (TPSA) is 80.7 Å². The summed E-state index contributed by atoms with van der Waals surface area (Å²) in [6.45, 7) is 3.32. The highest BCUT2D eigenvalue weighted by Crippen LogP contribution is 2.31. The summed E-state index contributed by atoms with van der Waals surface area (Å²) in [5.41, 5.74) is 0.958. The van der Waals surface area contributed by atoms with E-state index in [1.54, 1.807) is 12.1 Å². The molecule has 2 aromatic carbocycles. The Labute approximate surface area is 129 Å². The second-order valence-electron chi connectivity index (χ2n) is 4.89. The molecule has 0 aliphatic rings. The zero-order valence-electron chi connectivity index (χ0n) is 12.5. The fourth-order valence-corrected chi connectivity index (χ4v) is 3.67. The van der Waals surface area contributed by atoms with Crippen molar-refractivity contribution in [3.05, 3.63) is 53.1 Å². The quantitative estimate of drug-likeness (QED) is 0.879. The average molecular weight is 320 g/mol. The van der Waals surface area contributed by atoms with Gasteiger partial charge in [0, 0.05) is 0 Å². The number of carbonyl (C=O) groups is 1. The lowest BCUT2D eigenvalue weighted by Gasteiger charge is -2.12. The smallest absolute Gasteiger partial charge is 0.341 e. The molecule has 2 aromatic rings. The number of carbonyl (C=O) groups excluding carboxylic acids is 1. The molecule has 1 N–H and O–H groups in total. The zero-order valence-corrected chi connectivity index (χ0v) is 13.3. The van der Waals surface area contributed by atoms with Crippen LogP contribution in [0.3, 0.4) is 0 Å². The van der Waals surface area contributed by atoms with E-state index in [2.05, 4.69) is 4.74 Å². The van der Waals surface area contributed by atoms with Crippen molar-refractivity contribution in [1.29, 1.82) is 0 Å². The summed E-state index contributed by atoms with van der Waals surface area (Å²) in [6, 6.07) is 8.88. The highest BCUT2D eigenvalue weighted by molar-refractivity contribution is 7.91. The van der Waals surface area contributed by atoms with Crippen molar-refractivity contribution in [2.24, 2.45) is 0 Å². The molecule has 0 heterocycles. The van der Waals surface area contributed by atoms with Crippen LogP contribution in [0, 0.1) is 13.8 Å². The summed E-state index contributed by atoms with van der Waals surface area (Å²) >= 11 is 0. The molecule has 0 amide bonds. The largest absolute Gasteiger partial charge is 0.507 e. The molecule has 0 aliphatic carbocycles. The molecular weight excluding hydrogens is 304 g/mol. The summed E-state index contributed by atoms with van der Waals surface area (Å²) < 4.78 is 30.0. The molecule has 0 saturated carbocycles. The van der Waals surface area contributed by atoms with Crippen LogP contribution in [0.1, 0.15) is 21.5 Å². The number of phenols is 1. The number of esters is 1. The van der Waals surface area contributed by atoms with Crippen molar-refractivity contribution >= 4 is 15.8 Å². The van der Waals surface area contributed by atoms with E-state index in [0.717, 1.165) is 5.56 Å². The van der Waals surface area contributed by atoms with Gasteiger partial charge in [0.1, 0.15) is 11.3 Å². The van der Waals surface area contributed by atoms with Crippen LogP contribution in [0.25, 0.3) is 0 Å². The van der Waals surface area contributed by atoms with Gasteiger partial charge in [0.15, 0.2) is 0 Å². The average Bonchev–Trinajstić information content (AvgIpc) is 2.47. The van der Waals surface area contributed by atoms with Crippen LogP contribution >= 0.6 is 0 Å². The fourth-order valence-electron chi connectivity index (χ4n) is 2.17. The minimum atomic E-state index is -3.79. The highest BCUT2D eigenvalue weighted by Gasteiger charge is 2.25. The molecule has 0 fully saturated rings. The van der Waals surface area contributed by atoms with E-state index in [-0.39, 0.29) is 26.7 Å². The van der Waals surface area contributed by atoms with Gasteiger partial charge >= 0.3 is 5.97 Å². The Morgan fingerprint density at radius 1 is 1.05 bits per heavy atom. The number of sulfone groups is 1. The van der Waals surface area contributed by atoms with Crippen molar-refractivity contribution in [2.75, 3.05) is 7.11 Å². The highest BCUT2D eigenvalue weighted by atomic mass is 32.2. The van der Waals surface area contributed by atoms with E-state index in [1.807, 2.05) is 6.92 Å². The number of hydrogen-bond donors (Lipinski definition) is 1. The Bertz CT molecular complexity index is 820. The molecule has 6 heteroatoms. The molecule has 0 atom stereocenters. The van der Waals surface area contributed by atoms with Gasteiger partial charge in [0.05, 0.1) is 16.9 Å². The molecule has 0 aliphatic heterocycles. The number of aryl methyl sites for hydroxylation is 1. The van der Waals surface area contributed by atoms with E-state index in [9.17, 15) is 18.3 Å². The van der Waals surface area contributed by atoms with Gasteiger partial charge in [-0.1, -0.05) is 17.7 Å². The van der Waals surface area contributed by atoms with Crippen LogP contribution in [0.15, 0.2) is 46.2 Å². The Morgan fingerprint density at radius 3 is 2.18 bits per heavy atom. The lowest BCUT2D eigenvalue weighted by molar-refractivity contribution is 0.0596. The van der Waals surface area contributed by atoms with E-state index in [4.69, 9.17) is 0 Å². The predicted molar refractivity (Wildman–Crippen MR) is 80.8 cm³/mol. The first-order valence-corrected chi connectivity index (χ1v) is 8.00. The van der Waals surface area contributed by atoms with Crippen molar-refractivity contribution < 1.29 is 23.1 Å². The number of aromatic hydroxyl groups is 1. The van der Waals surface area contributed by atoms with Crippen LogP contribution in [0.4, 0.5) is 0 Å². The van der Waals surface area contributed by atoms with Crippen LogP contribution in [-0.2, 0) is 14.6 Å². The number of benzene rings is 2. The first-order chi connectivity index (χ1) is 10.3. The van der Waals surface area contributed by atoms with Crippen LogP contribution in [0.5, 0.6) is 5.75 Å². The Balaban J connectivity index is 2.67. The third kappa shape index (κ3) is 2.69. The summed E-state index contributed by atoms with van der Waals surface area (Å²) in [4.78, 5) is 11.8. The maximum absolute atomic E-state index is 12.7. The number of methoxy groups -OCH3 is 1. The molecule has 0 aromatic heterocycles. The number of hydrogen-bond acceptors (Lipinski definition) is 5. The van der Waals surface area contributed by atoms with Crippen LogP contribution < -0.4 is 0 Å². The summed E-state index contributed by atoms with van der Waals surface area (Å²) in [7, 11) is -2.62. The SMILES string of the molecule is COC(=O)c1c(O)ccc(S(=O)(=O)c2ccc(C)cc2)c1C. The molecule has 22 heavy (non-hydrogen) atoms. The minimum absolute atomic E-state index is 0.0328. The van der Waals surface area contributed by atoms with Gasteiger partial charge in [0.2, 0.25) is 9.84 Å². The van der Waals surface area contributed by atoms with E-state index < -0.39 is 15.8 Å². The maximum Gasteiger partial charge on any atom is 0.341 e. The number of phenolic OH excluding ortho intramolecular Hbond substituents is 1. The summed E-state index contributed by atoms with van der Waals surface area (Å²) in [6.07, 6.45) is 0. The second-order valence-corrected chi connectivity index (χ2v) is 6.81. The lowest BCUT2D eigenvalue weighted by atomic mass is 10.1. The molecule has 0 saturated heterocycles. The van der Waals surface area contributed by atoms with Gasteiger partial charge in [-0.3, -0.25) is 0 Å². The maximum atomic E-state index is 12.7. The van der Waals surface area contributed by atoms with E-state index >= 15 is 0 Å². The van der Waals surface area contributed by atoms with Gasteiger partial charge in [-0.25, -0.2) is 13.2 Å². The molecule has 0 spiro atoms. The monoisotopic (exact) mass is 320 g/mol. The Hall–Kier alpha value is -2.34. The van der Waals surface area contributed by atoms with Gasteiger partial charge < -0.3 is 9.84 Å². The van der Waals surface area contributed by atoms with Gasteiger partial charge in [0.25, 0.3) is 0 Å². The molecule has 0 radical (unpaired) electrons. The minimum Gasteiger partial charge on any atom is -0.507 e. The number of ether oxygens (including phenoxy) is 1. The van der Waals surface area contributed by atoms with E-state index in [1.165, 1.54) is 38.3 Å². The Morgan fingerprint density at radius 2 is 1.64 bits per heavy atom. The number of rotatable bonds is 3. The molecule has 5 nitrogen and oxygen atoms in total. The first kappa shape index (κ1) is 16.0. The molecule has 0 unspecified atom stereocenters. The van der Waals surface area contributed by atoms with E-state index in [0.29, 0.717) is 0 Å². The standard InChI is InChI=1S/C16H16O5S/c1-10-4-6-12(7-5-10)22(19,20)14-9-8-13(17)15(11(14)2)16(18)21-3/h4-9,17H,1-3H3. The van der Waals surface area contributed by atoms with Crippen molar-refractivity contribution in [3.8, 4) is 5.75 Å². The predicted octanol–water partition coefficient (Wildman–Crippen LogP) is 2.63. The van der Waals surface area contributed by atoms with Crippen molar-refractivity contribution in [3.63, 3.8) is 0 Å². The molecule has 0 bridgehead atoms. The Kier molecular flexibility index (Phi) is 4.23. The molecular formula is C16H16O5S. The van der Waals surface area contributed by atoms with Crippen LogP contribution in [0.2, 0.25) is 0 Å². The van der Waals surface area contributed by atoms with Gasteiger partial charge in [-0.15, -0.1) is 0 Å². The van der Waals surface area contributed by atoms with Gasteiger partial charge in [-0.2, -0.15) is 0 Å².